The maximum absolute atomic E-state index is 4.26. The highest BCUT2D eigenvalue weighted by Crippen LogP contribution is 2.34. The third kappa shape index (κ3) is 4.55. The highest BCUT2D eigenvalue weighted by atomic mass is 15.2. The molecule has 0 spiro atoms. The second kappa shape index (κ2) is 7.41. The summed E-state index contributed by atoms with van der Waals surface area (Å²) in [7, 11) is 4.22. The molecular weight excluding hydrogens is 260 g/mol. The van der Waals surface area contributed by atoms with Gasteiger partial charge in [0.05, 0.1) is 6.20 Å². The van der Waals surface area contributed by atoms with Crippen molar-refractivity contribution in [3.05, 3.63) is 18.0 Å². The van der Waals surface area contributed by atoms with Crippen LogP contribution in [-0.4, -0.2) is 40.9 Å². The summed E-state index contributed by atoms with van der Waals surface area (Å²) in [6.07, 6.45) is 6.78. The van der Waals surface area contributed by atoms with Gasteiger partial charge in [-0.25, -0.2) is 0 Å². The maximum Gasteiger partial charge on any atom is 0.0534 e. The molecule has 1 aromatic rings. The molecule has 4 atom stereocenters. The molecule has 4 heteroatoms. The van der Waals surface area contributed by atoms with Crippen LogP contribution in [0.3, 0.4) is 0 Å². The third-order valence-electron chi connectivity index (χ3n) is 4.88. The number of rotatable bonds is 6. The minimum Gasteiger partial charge on any atom is -0.314 e. The molecule has 120 valence electrons. The highest BCUT2D eigenvalue weighted by molar-refractivity contribution is 5.03. The Balaban J connectivity index is 1.94. The van der Waals surface area contributed by atoms with Crippen molar-refractivity contribution < 1.29 is 0 Å². The van der Waals surface area contributed by atoms with Gasteiger partial charge in [-0.3, -0.25) is 4.68 Å². The topological polar surface area (TPSA) is 33.1 Å². The monoisotopic (exact) mass is 292 g/mol. The summed E-state index contributed by atoms with van der Waals surface area (Å²) in [5.41, 5.74) is 1.30. The fourth-order valence-electron chi connectivity index (χ4n) is 4.00. The summed E-state index contributed by atoms with van der Waals surface area (Å²) in [5, 5.41) is 7.99. The van der Waals surface area contributed by atoms with E-state index in [1.54, 1.807) is 0 Å². The van der Waals surface area contributed by atoms with Gasteiger partial charge in [-0.1, -0.05) is 20.8 Å². The summed E-state index contributed by atoms with van der Waals surface area (Å²) in [6, 6.07) is 0.671. The molecule has 1 fully saturated rings. The van der Waals surface area contributed by atoms with Crippen LogP contribution in [0.2, 0.25) is 0 Å². The number of aryl methyl sites for hydroxylation is 1. The Morgan fingerprint density at radius 3 is 2.76 bits per heavy atom. The molecule has 0 bridgehead atoms. The summed E-state index contributed by atoms with van der Waals surface area (Å²) in [6.45, 7) is 10.3. The van der Waals surface area contributed by atoms with Gasteiger partial charge in [0, 0.05) is 37.9 Å². The molecule has 1 heterocycles. The summed E-state index contributed by atoms with van der Waals surface area (Å²) in [5.74, 6) is 2.40. The molecule has 1 aliphatic rings. The van der Waals surface area contributed by atoms with Crippen LogP contribution in [0.5, 0.6) is 0 Å². The second-order valence-electron chi connectivity index (χ2n) is 7.10. The largest absolute Gasteiger partial charge is 0.314 e. The molecule has 0 radical (unpaired) electrons. The third-order valence-corrected chi connectivity index (χ3v) is 4.88. The molecule has 0 aliphatic heterocycles. The number of hydrogen-bond donors (Lipinski definition) is 1. The van der Waals surface area contributed by atoms with Crippen LogP contribution >= 0.6 is 0 Å². The van der Waals surface area contributed by atoms with Crippen molar-refractivity contribution in [3.63, 3.8) is 0 Å². The van der Waals surface area contributed by atoms with Crippen LogP contribution in [0.25, 0.3) is 0 Å². The molecular formula is C17H32N4. The zero-order chi connectivity index (χ0) is 15.4. The fraction of sp³-hybridized carbons (Fsp3) is 0.824. The molecule has 2 rings (SSSR count). The molecule has 4 nitrogen and oxygen atoms in total. The van der Waals surface area contributed by atoms with Gasteiger partial charge in [-0.15, -0.1) is 0 Å². The van der Waals surface area contributed by atoms with Crippen LogP contribution in [0.15, 0.2) is 12.4 Å². The normalized spacial score (nSPS) is 30.0. The zero-order valence-corrected chi connectivity index (χ0v) is 14.3. The van der Waals surface area contributed by atoms with Crippen LogP contribution in [-0.2, 0) is 13.6 Å². The fourth-order valence-corrected chi connectivity index (χ4v) is 4.00. The minimum absolute atomic E-state index is 0.671. The molecule has 4 unspecified atom stereocenters. The standard InChI is InChI=1S/C17H32N4/c1-6-18-17-8-13(2)7-14(3)16(17)12-20(4)10-15-9-19-21(5)11-15/h9,11,13-14,16-18H,6-8,10,12H2,1-5H3. The van der Waals surface area contributed by atoms with Gasteiger partial charge < -0.3 is 10.2 Å². The van der Waals surface area contributed by atoms with E-state index in [0.717, 1.165) is 30.8 Å². The van der Waals surface area contributed by atoms with E-state index in [0.29, 0.717) is 6.04 Å². The molecule has 1 aromatic heterocycles. The number of nitrogens with zero attached hydrogens (tertiary/aromatic N) is 3. The van der Waals surface area contributed by atoms with Gasteiger partial charge in [0.25, 0.3) is 0 Å². The van der Waals surface area contributed by atoms with Crippen molar-refractivity contribution in [1.82, 2.24) is 20.0 Å². The number of nitrogens with one attached hydrogen (secondary N) is 1. The zero-order valence-electron chi connectivity index (χ0n) is 14.3. The van der Waals surface area contributed by atoms with Crippen LogP contribution in [0.4, 0.5) is 0 Å². The molecule has 1 aliphatic carbocycles. The van der Waals surface area contributed by atoms with E-state index in [-0.39, 0.29) is 0 Å². The van der Waals surface area contributed by atoms with Crippen molar-refractivity contribution in [1.29, 1.82) is 0 Å². The van der Waals surface area contributed by atoms with Crippen molar-refractivity contribution in [2.75, 3.05) is 20.1 Å². The summed E-state index contributed by atoms with van der Waals surface area (Å²) < 4.78 is 1.88. The van der Waals surface area contributed by atoms with E-state index in [1.165, 1.54) is 24.9 Å². The summed E-state index contributed by atoms with van der Waals surface area (Å²) in [4.78, 5) is 2.46. The van der Waals surface area contributed by atoms with E-state index in [9.17, 15) is 0 Å². The Labute approximate surface area is 129 Å². The van der Waals surface area contributed by atoms with Gasteiger partial charge in [0.15, 0.2) is 0 Å². The number of aromatic nitrogens is 2. The van der Waals surface area contributed by atoms with E-state index < -0.39 is 0 Å². The Kier molecular flexibility index (Phi) is 5.82. The van der Waals surface area contributed by atoms with Gasteiger partial charge in [0.1, 0.15) is 0 Å². The Hall–Kier alpha value is -0.870. The first-order chi connectivity index (χ1) is 9.99. The lowest BCUT2D eigenvalue weighted by molar-refractivity contribution is 0.110. The molecule has 1 N–H and O–H groups in total. The average Bonchev–Trinajstić information content (AvgIpc) is 2.79. The highest BCUT2D eigenvalue weighted by Gasteiger charge is 2.33. The quantitative estimate of drug-likeness (QED) is 0.874. The van der Waals surface area contributed by atoms with E-state index in [4.69, 9.17) is 0 Å². The van der Waals surface area contributed by atoms with E-state index >= 15 is 0 Å². The lowest BCUT2D eigenvalue weighted by Gasteiger charge is -2.41. The average molecular weight is 292 g/mol. The first-order valence-electron chi connectivity index (χ1n) is 8.39. The predicted octanol–water partition coefficient (Wildman–Crippen LogP) is 2.51. The maximum atomic E-state index is 4.26. The van der Waals surface area contributed by atoms with Crippen molar-refractivity contribution in [3.8, 4) is 0 Å². The molecule has 0 saturated heterocycles. The van der Waals surface area contributed by atoms with Crippen LogP contribution < -0.4 is 5.32 Å². The second-order valence-corrected chi connectivity index (χ2v) is 7.10. The van der Waals surface area contributed by atoms with Gasteiger partial charge >= 0.3 is 0 Å². The van der Waals surface area contributed by atoms with Crippen LogP contribution in [0, 0.1) is 17.8 Å². The van der Waals surface area contributed by atoms with Crippen LogP contribution in [0.1, 0.15) is 39.2 Å². The molecule has 1 saturated carbocycles. The van der Waals surface area contributed by atoms with Crippen molar-refractivity contribution in [2.45, 2.75) is 46.2 Å². The first kappa shape index (κ1) is 16.5. The SMILES string of the molecule is CCNC1CC(C)CC(C)C1CN(C)Cc1cnn(C)c1. The molecule has 0 aromatic carbocycles. The lowest BCUT2D eigenvalue weighted by atomic mass is 9.72. The Morgan fingerprint density at radius 1 is 1.38 bits per heavy atom. The van der Waals surface area contributed by atoms with E-state index in [1.807, 2.05) is 17.9 Å². The van der Waals surface area contributed by atoms with Gasteiger partial charge in [-0.2, -0.15) is 5.10 Å². The van der Waals surface area contributed by atoms with Crippen molar-refractivity contribution in [2.24, 2.45) is 24.8 Å². The number of hydrogen-bond acceptors (Lipinski definition) is 3. The van der Waals surface area contributed by atoms with Gasteiger partial charge in [-0.05, 0) is 44.2 Å². The first-order valence-corrected chi connectivity index (χ1v) is 8.39. The Morgan fingerprint density at radius 2 is 2.14 bits per heavy atom. The molecule has 0 amide bonds. The lowest BCUT2D eigenvalue weighted by Crippen LogP contribution is -2.48. The predicted molar refractivity (Wildman–Crippen MR) is 88.1 cm³/mol. The minimum atomic E-state index is 0.671. The smallest absolute Gasteiger partial charge is 0.0534 e. The van der Waals surface area contributed by atoms with Gasteiger partial charge in [0.2, 0.25) is 0 Å². The van der Waals surface area contributed by atoms with E-state index in [2.05, 4.69) is 49.3 Å². The molecule has 21 heavy (non-hydrogen) atoms. The Bertz CT molecular complexity index is 428. The summed E-state index contributed by atoms with van der Waals surface area (Å²) >= 11 is 0. The van der Waals surface area contributed by atoms with Crippen molar-refractivity contribution >= 4 is 0 Å².